The third-order valence-corrected chi connectivity index (χ3v) is 4.34. The Morgan fingerprint density at radius 3 is 2.65 bits per heavy atom. The normalized spacial score (nSPS) is 13.4. The maximum atomic E-state index is 12.4. The number of halogens is 1. The van der Waals surface area contributed by atoms with E-state index in [0.29, 0.717) is 5.88 Å². The summed E-state index contributed by atoms with van der Waals surface area (Å²) in [6, 6.07) is 9.69. The minimum Gasteiger partial charge on any atom is -0.459 e. The van der Waals surface area contributed by atoms with Gasteiger partial charge in [-0.3, -0.25) is 4.79 Å². The summed E-state index contributed by atoms with van der Waals surface area (Å²) in [6.07, 6.45) is 0. The minimum absolute atomic E-state index is 0.0143. The Bertz CT molecular complexity index is 585. The van der Waals surface area contributed by atoms with Crippen molar-refractivity contribution in [1.82, 2.24) is 4.90 Å². The maximum Gasteiger partial charge on any atom is 0.229 e. The van der Waals surface area contributed by atoms with Crippen LogP contribution in [0.2, 0.25) is 0 Å². The molecular formula is C16H20ClNO2. The van der Waals surface area contributed by atoms with Gasteiger partial charge in [0.1, 0.15) is 11.3 Å². The van der Waals surface area contributed by atoms with Gasteiger partial charge in [-0.1, -0.05) is 18.2 Å². The molecule has 0 aliphatic rings. The summed E-state index contributed by atoms with van der Waals surface area (Å²) in [4.78, 5) is 14.1. The molecule has 108 valence electrons. The van der Waals surface area contributed by atoms with Crippen molar-refractivity contribution in [2.45, 2.75) is 26.8 Å². The number of alkyl halides is 1. The van der Waals surface area contributed by atoms with E-state index in [0.717, 1.165) is 16.7 Å². The van der Waals surface area contributed by atoms with Gasteiger partial charge in [-0.05, 0) is 32.9 Å². The Kier molecular flexibility index (Phi) is 4.09. The molecule has 1 amide bonds. The molecule has 2 rings (SSSR count). The van der Waals surface area contributed by atoms with Crippen LogP contribution < -0.4 is 0 Å². The molecule has 0 radical (unpaired) electrons. The molecule has 4 heteroatoms. The van der Waals surface area contributed by atoms with Gasteiger partial charge in [0.25, 0.3) is 0 Å². The topological polar surface area (TPSA) is 33.5 Å². The Morgan fingerprint density at radius 1 is 1.40 bits per heavy atom. The number of carbonyl (C=O) groups is 1. The second-order valence-corrected chi connectivity index (χ2v) is 6.06. The van der Waals surface area contributed by atoms with Gasteiger partial charge in [0, 0.05) is 18.3 Å². The summed E-state index contributed by atoms with van der Waals surface area (Å²) in [5, 5.41) is 1.05. The zero-order valence-electron chi connectivity index (χ0n) is 12.3. The molecule has 2 aromatic rings. The number of carbonyl (C=O) groups excluding carboxylic acids is 1. The van der Waals surface area contributed by atoms with E-state index in [4.69, 9.17) is 16.0 Å². The van der Waals surface area contributed by atoms with Crippen LogP contribution in [0.25, 0.3) is 11.0 Å². The van der Waals surface area contributed by atoms with Gasteiger partial charge < -0.3 is 9.32 Å². The summed E-state index contributed by atoms with van der Waals surface area (Å²) < 4.78 is 5.82. The van der Waals surface area contributed by atoms with Crippen molar-refractivity contribution in [3.63, 3.8) is 0 Å². The molecule has 0 saturated carbocycles. The van der Waals surface area contributed by atoms with Crippen LogP contribution in [0.3, 0.4) is 0 Å². The summed E-state index contributed by atoms with van der Waals surface area (Å²) >= 11 is 5.88. The highest BCUT2D eigenvalue weighted by Crippen LogP contribution is 2.30. The SMILES string of the molecule is CC(c1cc2ccccc2o1)N(C)C(=O)C(C)(C)CCl. The van der Waals surface area contributed by atoms with Crippen molar-refractivity contribution < 1.29 is 9.21 Å². The van der Waals surface area contributed by atoms with E-state index < -0.39 is 5.41 Å². The third kappa shape index (κ3) is 2.68. The number of furan rings is 1. The van der Waals surface area contributed by atoms with Gasteiger partial charge in [0.15, 0.2) is 0 Å². The highest BCUT2D eigenvalue weighted by atomic mass is 35.5. The molecule has 1 atom stereocenters. The van der Waals surface area contributed by atoms with Crippen molar-refractivity contribution in [1.29, 1.82) is 0 Å². The fourth-order valence-corrected chi connectivity index (χ4v) is 2.22. The first-order chi connectivity index (χ1) is 9.36. The average Bonchev–Trinajstić information content (AvgIpc) is 2.88. The molecule has 1 unspecified atom stereocenters. The van der Waals surface area contributed by atoms with Crippen LogP contribution in [0.5, 0.6) is 0 Å². The van der Waals surface area contributed by atoms with E-state index in [1.807, 2.05) is 51.1 Å². The Balaban J connectivity index is 2.26. The summed E-state index contributed by atoms with van der Waals surface area (Å²) in [7, 11) is 1.79. The van der Waals surface area contributed by atoms with Crippen LogP contribution >= 0.6 is 11.6 Å². The van der Waals surface area contributed by atoms with Gasteiger partial charge in [-0.25, -0.2) is 0 Å². The van der Waals surface area contributed by atoms with Crippen LogP contribution in [-0.2, 0) is 4.79 Å². The molecule has 0 spiro atoms. The summed E-state index contributed by atoms with van der Waals surface area (Å²) in [5.41, 5.74) is 0.267. The minimum atomic E-state index is -0.573. The Hall–Kier alpha value is -1.48. The Morgan fingerprint density at radius 2 is 2.05 bits per heavy atom. The van der Waals surface area contributed by atoms with Crippen molar-refractivity contribution in [3.8, 4) is 0 Å². The zero-order chi connectivity index (χ0) is 14.9. The van der Waals surface area contributed by atoms with Crippen LogP contribution in [0.1, 0.15) is 32.6 Å². The Labute approximate surface area is 124 Å². The van der Waals surface area contributed by atoms with Crippen molar-refractivity contribution >= 4 is 28.5 Å². The smallest absolute Gasteiger partial charge is 0.229 e. The van der Waals surface area contributed by atoms with Crippen molar-refractivity contribution in [2.75, 3.05) is 12.9 Å². The molecule has 3 nitrogen and oxygen atoms in total. The van der Waals surface area contributed by atoms with Gasteiger partial charge in [-0.15, -0.1) is 11.6 Å². The fraction of sp³-hybridized carbons (Fsp3) is 0.438. The first kappa shape index (κ1) is 14.9. The molecule has 1 aromatic carbocycles. The molecular weight excluding hydrogens is 274 g/mol. The standard InChI is InChI=1S/C16H20ClNO2/c1-11(18(4)15(19)16(2,3)10-17)14-9-12-7-5-6-8-13(12)20-14/h5-9,11H,10H2,1-4H3. The lowest BCUT2D eigenvalue weighted by atomic mass is 9.94. The number of rotatable bonds is 4. The molecule has 0 fully saturated rings. The van der Waals surface area contributed by atoms with E-state index in [1.54, 1.807) is 11.9 Å². The molecule has 0 aliphatic heterocycles. The molecule has 0 aliphatic carbocycles. The van der Waals surface area contributed by atoms with E-state index in [-0.39, 0.29) is 11.9 Å². The average molecular weight is 294 g/mol. The summed E-state index contributed by atoms with van der Waals surface area (Å²) in [5.74, 6) is 1.09. The lowest BCUT2D eigenvalue weighted by molar-refractivity contribution is -0.140. The van der Waals surface area contributed by atoms with E-state index in [2.05, 4.69) is 0 Å². The monoisotopic (exact) mass is 293 g/mol. The highest BCUT2D eigenvalue weighted by Gasteiger charge is 2.32. The predicted octanol–water partition coefficient (Wildman–Crippen LogP) is 4.22. The number of hydrogen-bond donors (Lipinski definition) is 0. The van der Waals surface area contributed by atoms with E-state index in [9.17, 15) is 4.79 Å². The lowest BCUT2D eigenvalue weighted by Crippen LogP contribution is -2.40. The van der Waals surface area contributed by atoms with E-state index in [1.165, 1.54) is 0 Å². The third-order valence-electron chi connectivity index (χ3n) is 3.67. The van der Waals surface area contributed by atoms with Gasteiger partial charge in [0.2, 0.25) is 5.91 Å². The summed E-state index contributed by atoms with van der Waals surface area (Å²) in [6.45, 7) is 5.66. The maximum absolute atomic E-state index is 12.4. The van der Waals surface area contributed by atoms with Gasteiger partial charge in [0.05, 0.1) is 11.5 Å². The van der Waals surface area contributed by atoms with Gasteiger partial charge in [-0.2, -0.15) is 0 Å². The largest absolute Gasteiger partial charge is 0.459 e. The second-order valence-electron chi connectivity index (χ2n) is 5.80. The highest BCUT2D eigenvalue weighted by molar-refractivity contribution is 6.19. The van der Waals surface area contributed by atoms with Gasteiger partial charge >= 0.3 is 0 Å². The van der Waals surface area contributed by atoms with Crippen molar-refractivity contribution in [3.05, 3.63) is 36.1 Å². The number of fused-ring (bicyclic) bond motifs is 1. The number of amides is 1. The molecule has 20 heavy (non-hydrogen) atoms. The fourth-order valence-electron chi connectivity index (χ4n) is 2.11. The quantitative estimate of drug-likeness (QED) is 0.791. The van der Waals surface area contributed by atoms with Crippen LogP contribution in [0.4, 0.5) is 0 Å². The molecule has 0 saturated heterocycles. The number of para-hydroxylation sites is 1. The first-order valence-electron chi connectivity index (χ1n) is 6.68. The lowest BCUT2D eigenvalue weighted by Gasteiger charge is -2.31. The molecule has 1 heterocycles. The molecule has 1 aromatic heterocycles. The number of benzene rings is 1. The van der Waals surface area contributed by atoms with Crippen LogP contribution in [0, 0.1) is 5.41 Å². The first-order valence-corrected chi connectivity index (χ1v) is 7.22. The molecule has 0 bridgehead atoms. The van der Waals surface area contributed by atoms with Crippen LogP contribution in [0.15, 0.2) is 34.7 Å². The second kappa shape index (κ2) is 5.49. The van der Waals surface area contributed by atoms with E-state index >= 15 is 0 Å². The molecule has 0 N–H and O–H groups in total. The number of nitrogens with zero attached hydrogens (tertiary/aromatic N) is 1. The van der Waals surface area contributed by atoms with Crippen LogP contribution in [-0.4, -0.2) is 23.7 Å². The van der Waals surface area contributed by atoms with Crippen molar-refractivity contribution in [2.24, 2.45) is 5.41 Å². The number of hydrogen-bond acceptors (Lipinski definition) is 2. The zero-order valence-corrected chi connectivity index (χ0v) is 13.1. The predicted molar refractivity (Wildman–Crippen MR) is 81.9 cm³/mol.